The second kappa shape index (κ2) is 19.2. The number of Topliss-reactive ketones (excluding diaryl/α,β-unsaturated/α-hetero) is 1. The number of methoxy groups -OCH3 is 4. The van der Waals surface area contributed by atoms with Gasteiger partial charge in [0.05, 0.1) is 39.3 Å². The molecule has 0 saturated heterocycles. The van der Waals surface area contributed by atoms with Gasteiger partial charge in [0.1, 0.15) is 0 Å². The number of ether oxygens (including phenoxy) is 5. The Morgan fingerprint density at radius 3 is 1.17 bits per heavy atom. The van der Waals surface area contributed by atoms with E-state index in [1.54, 1.807) is 88.2 Å². The fraction of sp³-hybridized carbons (Fsp3) is 0.516. The third-order valence-corrected chi connectivity index (χ3v) is 5.03. The van der Waals surface area contributed by atoms with Crippen molar-refractivity contribution in [3.8, 4) is 23.0 Å². The predicted molar refractivity (Wildman–Crippen MR) is 181 cm³/mol. The van der Waals surface area contributed by atoms with Crippen molar-refractivity contribution < 1.29 is 38.1 Å². The summed E-state index contributed by atoms with van der Waals surface area (Å²) in [6, 6.07) is 12.7. The Kier molecular flexibility index (Phi) is 19.2. The van der Waals surface area contributed by atoms with Gasteiger partial charge in [0.15, 0.2) is 28.8 Å². The molecule has 0 saturated carbocycles. The summed E-state index contributed by atoms with van der Waals surface area (Å²) in [5, 5.41) is 0. The van der Waals surface area contributed by atoms with Gasteiger partial charge in [-0.15, -0.1) is 0 Å². The van der Waals surface area contributed by atoms with E-state index < -0.39 is 22.8 Å². The van der Waals surface area contributed by atoms with Crippen molar-refractivity contribution >= 4 is 55.0 Å². The zero-order chi connectivity index (χ0) is 32.6. The summed E-state index contributed by atoms with van der Waals surface area (Å²) < 4.78 is 25.0. The number of benzene rings is 2. The summed E-state index contributed by atoms with van der Waals surface area (Å²) in [6.45, 7) is 16.0. The maximum Gasteiger partial charge on any atom is 0.318 e. The molecule has 232 valence electrons. The molecule has 0 aliphatic heterocycles. The van der Waals surface area contributed by atoms with Crippen LogP contribution in [0.2, 0.25) is 0 Å². The van der Waals surface area contributed by atoms with Gasteiger partial charge in [-0.1, -0.05) is 32.9 Å². The van der Waals surface area contributed by atoms with Gasteiger partial charge in [-0.2, -0.15) is 0 Å². The van der Waals surface area contributed by atoms with E-state index in [0.29, 0.717) is 17.1 Å². The third kappa shape index (κ3) is 15.6. The number of para-hydroxylation sites is 2. The van der Waals surface area contributed by atoms with Gasteiger partial charge in [0.2, 0.25) is 0 Å². The smallest absolute Gasteiger partial charge is 0.318 e. The largest absolute Gasteiger partial charge is 0.493 e. The van der Waals surface area contributed by atoms with Crippen molar-refractivity contribution in [3.63, 3.8) is 0 Å². The van der Waals surface area contributed by atoms with E-state index in [2.05, 4.69) is 37.2 Å². The molecule has 2 aromatic rings. The first-order valence-electron chi connectivity index (χ1n) is 12.7. The van der Waals surface area contributed by atoms with Gasteiger partial charge in [0.25, 0.3) is 0 Å². The number of ketones is 1. The first kappa shape index (κ1) is 41.0. The summed E-state index contributed by atoms with van der Waals surface area (Å²) in [5.74, 6) is 1.88. The molecule has 8 nitrogen and oxygen atoms in total. The number of hydrogen-bond donors (Lipinski definition) is 0. The molecule has 10 heteroatoms. The molecule has 0 spiro atoms. The predicted octanol–water partition coefficient (Wildman–Crippen LogP) is 8.56. The molecule has 0 amide bonds. The molecule has 0 aromatic heterocycles. The van der Waals surface area contributed by atoms with Crippen LogP contribution in [0.3, 0.4) is 0 Å². The number of halogens is 2. The van der Waals surface area contributed by atoms with Crippen LogP contribution in [0.4, 0.5) is 0 Å². The lowest BCUT2D eigenvalue weighted by Gasteiger charge is -2.20. The lowest BCUT2D eigenvalue weighted by molar-refractivity contribution is -0.170. The summed E-state index contributed by atoms with van der Waals surface area (Å²) in [5.41, 5.74) is -0.994. The quantitative estimate of drug-likeness (QED) is 0.129. The second-order valence-electron chi connectivity index (χ2n) is 11.7. The van der Waals surface area contributed by atoms with E-state index in [9.17, 15) is 14.4 Å². The van der Waals surface area contributed by atoms with E-state index >= 15 is 0 Å². The Morgan fingerprint density at radius 1 is 0.537 bits per heavy atom. The summed E-state index contributed by atoms with van der Waals surface area (Å²) in [6.07, 6.45) is 0. The fourth-order valence-electron chi connectivity index (χ4n) is 2.59. The molecule has 41 heavy (non-hydrogen) atoms. The standard InChI is InChI=1S/C13H18O3.C10H18O3.C8H10O2.I2/c1-13(2,3)12(14)9-6-7-10(15-4)11(8-9)16-5;1-9(2,3)7(11)13-8(12)10(4,5)6;1-9-7-5-3-4-6-8(7)10-2;1-2/h6-8H,1-5H3;1-6H3;3-6H,1-2H3;. The maximum absolute atomic E-state index is 12.0. The van der Waals surface area contributed by atoms with Gasteiger partial charge in [-0.05, 0) is 71.9 Å². The molecule has 0 atom stereocenters. The highest BCUT2D eigenvalue weighted by Crippen LogP contribution is 2.30. The van der Waals surface area contributed by atoms with Gasteiger partial charge >= 0.3 is 11.9 Å². The van der Waals surface area contributed by atoms with Crippen LogP contribution in [-0.4, -0.2) is 46.2 Å². The van der Waals surface area contributed by atoms with Crippen molar-refractivity contribution in [3.05, 3.63) is 48.0 Å². The summed E-state index contributed by atoms with van der Waals surface area (Å²) in [4.78, 5) is 34.6. The zero-order valence-corrected chi connectivity index (χ0v) is 30.9. The Balaban J connectivity index is 0. The topological polar surface area (TPSA) is 97.4 Å². The second-order valence-corrected chi connectivity index (χ2v) is 11.7. The van der Waals surface area contributed by atoms with Gasteiger partial charge in [0, 0.05) is 48.2 Å². The van der Waals surface area contributed by atoms with E-state index in [-0.39, 0.29) is 11.2 Å². The number of hydrogen-bond acceptors (Lipinski definition) is 8. The van der Waals surface area contributed by atoms with Crippen LogP contribution in [0.5, 0.6) is 23.0 Å². The number of rotatable bonds is 5. The van der Waals surface area contributed by atoms with Crippen LogP contribution in [-0.2, 0) is 14.3 Å². The van der Waals surface area contributed by atoms with E-state index in [1.807, 2.05) is 45.0 Å². The van der Waals surface area contributed by atoms with Gasteiger partial charge in [-0.25, -0.2) is 0 Å². The van der Waals surface area contributed by atoms with Gasteiger partial charge < -0.3 is 23.7 Å². The molecular formula is C31H46I2O8. The minimum absolute atomic E-state index is 0.0912. The average molecular weight is 801 g/mol. The Labute approximate surface area is 269 Å². The van der Waals surface area contributed by atoms with Crippen LogP contribution in [0, 0.1) is 16.2 Å². The van der Waals surface area contributed by atoms with Crippen LogP contribution >= 0.6 is 37.2 Å². The highest BCUT2D eigenvalue weighted by atomic mass is 128. The molecule has 0 N–H and O–H groups in total. The van der Waals surface area contributed by atoms with Crippen LogP contribution < -0.4 is 18.9 Å². The van der Waals surface area contributed by atoms with Crippen LogP contribution in [0.25, 0.3) is 0 Å². The van der Waals surface area contributed by atoms with E-state index in [1.165, 1.54) is 0 Å². The molecule has 0 aliphatic rings. The number of carbonyl (C=O) groups excluding carboxylic acids is 3. The first-order chi connectivity index (χ1) is 18.8. The normalized spacial score (nSPS) is 10.6. The molecule has 2 aromatic carbocycles. The third-order valence-electron chi connectivity index (χ3n) is 5.03. The van der Waals surface area contributed by atoms with Crippen LogP contribution in [0.15, 0.2) is 42.5 Å². The Bertz CT molecular complexity index is 1050. The van der Waals surface area contributed by atoms with E-state index in [0.717, 1.165) is 11.5 Å². The molecule has 0 fully saturated rings. The lowest BCUT2D eigenvalue weighted by Crippen LogP contribution is -2.31. The van der Waals surface area contributed by atoms with Crippen molar-refractivity contribution in [2.75, 3.05) is 28.4 Å². The highest BCUT2D eigenvalue weighted by molar-refractivity contribution is 15.0. The summed E-state index contributed by atoms with van der Waals surface area (Å²) >= 11 is 4.24. The molecular weight excluding hydrogens is 754 g/mol. The van der Waals surface area contributed by atoms with Crippen molar-refractivity contribution in [2.45, 2.75) is 62.3 Å². The minimum Gasteiger partial charge on any atom is -0.493 e. The molecule has 0 aliphatic carbocycles. The van der Waals surface area contributed by atoms with Crippen LogP contribution in [0.1, 0.15) is 72.7 Å². The molecule has 2 rings (SSSR count). The Hall–Kier alpha value is -2.09. The SMILES string of the molecule is CC(C)(C)C(=O)OC(=O)C(C)(C)C.COc1ccc(C(=O)C(C)(C)C)cc1OC.COc1ccccc1OC.II. The molecule has 0 unspecified atom stereocenters. The van der Waals surface area contributed by atoms with Gasteiger partial charge in [-0.3, -0.25) is 14.4 Å². The highest BCUT2D eigenvalue weighted by Gasteiger charge is 2.31. The summed E-state index contributed by atoms with van der Waals surface area (Å²) in [7, 11) is 6.38. The molecule has 0 heterocycles. The lowest BCUT2D eigenvalue weighted by atomic mass is 9.86. The maximum atomic E-state index is 12.0. The molecule has 0 bridgehead atoms. The van der Waals surface area contributed by atoms with Crippen molar-refractivity contribution in [1.29, 1.82) is 0 Å². The van der Waals surface area contributed by atoms with E-state index in [4.69, 9.17) is 23.7 Å². The Morgan fingerprint density at radius 2 is 0.878 bits per heavy atom. The van der Waals surface area contributed by atoms with Crippen molar-refractivity contribution in [2.24, 2.45) is 16.2 Å². The minimum atomic E-state index is -0.624. The molecule has 0 radical (unpaired) electrons. The monoisotopic (exact) mass is 800 g/mol. The first-order valence-corrected chi connectivity index (χ1v) is 19.0. The van der Waals surface area contributed by atoms with Crippen molar-refractivity contribution in [1.82, 2.24) is 0 Å². The number of esters is 2. The zero-order valence-electron chi connectivity index (χ0n) is 26.6. The average Bonchev–Trinajstić information content (AvgIpc) is 2.92. The fourth-order valence-corrected chi connectivity index (χ4v) is 2.59. The number of carbonyl (C=O) groups is 3.